The molecule has 0 spiro atoms. The van der Waals surface area contributed by atoms with Gasteiger partial charge in [-0.15, -0.1) is 0 Å². The zero-order chi connectivity index (χ0) is 17.9. The summed E-state index contributed by atoms with van der Waals surface area (Å²) in [5.74, 6) is -0.205. The molecule has 1 unspecified atom stereocenters. The molecular weight excluding hydrogens is 326 g/mol. The second-order valence-electron chi connectivity index (χ2n) is 7.51. The highest BCUT2D eigenvalue weighted by Crippen LogP contribution is 2.26. The number of nitrogens with two attached hydrogens (primary N) is 1. The molecule has 0 aliphatic carbocycles. The van der Waals surface area contributed by atoms with Crippen LogP contribution in [0.4, 0.5) is 5.69 Å². The summed E-state index contributed by atoms with van der Waals surface area (Å²) < 4.78 is 0. The Balaban J connectivity index is 2.16. The molecular formula is C18H26ClN3O2. The molecule has 6 heteroatoms. The lowest BCUT2D eigenvalue weighted by molar-refractivity contribution is -0.117. The molecule has 1 atom stereocenters. The molecule has 2 rings (SSSR count). The second-order valence-corrected chi connectivity index (χ2v) is 7.92. The van der Waals surface area contributed by atoms with Crippen LogP contribution in [0.25, 0.3) is 0 Å². The Morgan fingerprint density at radius 2 is 2.08 bits per heavy atom. The number of rotatable bonds is 4. The zero-order valence-corrected chi connectivity index (χ0v) is 15.3. The minimum absolute atomic E-state index is 0.0627. The van der Waals surface area contributed by atoms with E-state index in [1.54, 1.807) is 23.1 Å². The Morgan fingerprint density at radius 1 is 1.38 bits per heavy atom. The van der Waals surface area contributed by atoms with Gasteiger partial charge in [0.25, 0.3) is 5.91 Å². The van der Waals surface area contributed by atoms with E-state index in [0.29, 0.717) is 35.8 Å². The van der Waals surface area contributed by atoms with Crippen LogP contribution in [0.5, 0.6) is 0 Å². The topological polar surface area (TPSA) is 75.4 Å². The summed E-state index contributed by atoms with van der Waals surface area (Å²) in [6.07, 6.45) is 2.27. The number of nitrogens with zero attached hydrogens (tertiary/aromatic N) is 1. The molecule has 5 nitrogen and oxygen atoms in total. The van der Waals surface area contributed by atoms with Crippen molar-refractivity contribution in [2.45, 2.75) is 46.1 Å². The first-order valence-electron chi connectivity index (χ1n) is 8.32. The van der Waals surface area contributed by atoms with Crippen molar-refractivity contribution < 1.29 is 9.59 Å². The van der Waals surface area contributed by atoms with Crippen LogP contribution < -0.4 is 11.1 Å². The van der Waals surface area contributed by atoms with Gasteiger partial charge in [0, 0.05) is 31.2 Å². The van der Waals surface area contributed by atoms with Gasteiger partial charge < -0.3 is 16.0 Å². The van der Waals surface area contributed by atoms with Gasteiger partial charge in [-0.05, 0) is 36.5 Å². The third kappa shape index (κ3) is 4.71. The number of halogens is 1. The van der Waals surface area contributed by atoms with E-state index in [0.717, 1.165) is 12.8 Å². The lowest BCUT2D eigenvalue weighted by Crippen LogP contribution is -2.40. The van der Waals surface area contributed by atoms with Crippen LogP contribution in [0.3, 0.4) is 0 Å². The minimum atomic E-state index is -0.125. The summed E-state index contributed by atoms with van der Waals surface area (Å²) in [7, 11) is 0. The number of benzene rings is 1. The average Bonchev–Trinajstić information content (AvgIpc) is 2.95. The summed E-state index contributed by atoms with van der Waals surface area (Å²) in [6, 6.07) is 5.07. The van der Waals surface area contributed by atoms with Gasteiger partial charge in [-0.25, -0.2) is 0 Å². The van der Waals surface area contributed by atoms with Crippen molar-refractivity contribution >= 4 is 29.1 Å². The molecule has 0 radical (unpaired) electrons. The summed E-state index contributed by atoms with van der Waals surface area (Å²) in [5, 5.41) is 3.23. The van der Waals surface area contributed by atoms with E-state index in [4.69, 9.17) is 17.3 Å². The van der Waals surface area contributed by atoms with Crippen molar-refractivity contribution in [1.82, 2.24) is 4.90 Å². The number of hydrogen-bond donors (Lipinski definition) is 2. The van der Waals surface area contributed by atoms with Crippen molar-refractivity contribution in [3.63, 3.8) is 0 Å². The fourth-order valence-corrected chi connectivity index (χ4v) is 3.15. The Morgan fingerprint density at radius 3 is 2.71 bits per heavy atom. The van der Waals surface area contributed by atoms with E-state index in [9.17, 15) is 9.59 Å². The number of amides is 2. The molecule has 0 saturated carbocycles. The monoisotopic (exact) mass is 351 g/mol. The van der Waals surface area contributed by atoms with E-state index in [1.165, 1.54) is 0 Å². The van der Waals surface area contributed by atoms with Crippen LogP contribution in [0.2, 0.25) is 5.02 Å². The lowest BCUT2D eigenvalue weighted by Gasteiger charge is -2.24. The largest absolute Gasteiger partial charge is 0.334 e. The molecule has 1 heterocycles. The van der Waals surface area contributed by atoms with Crippen LogP contribution in [0, 0.1) is 5.41 Å². The van der Waals surface area contributed by atoms with E-state index < -0.39 is 0 Å². The Bertz CT molecular complexity index is 625. The molecule has 0 bridgehead atoms. The number of carbonyl (C=O) groups is 2. The molecule has 0 aromatic heterocycles. The van der Waals surface area contributed by atoms with Crippen LogP contribution in [0.1, 0.15) is 50.4 Å². The van der Waals surface area contributed by atoms with Crippen LogP contribution in [0.15, 0.2) is 18.2 Å². The summed E-state index contributed by atoms with van der Waals surface area (Å²) in [5.41, 5.74) is 6.64. The van der Waals surface area contributed by atoms with Crippen molar-refractivity contribution in [1.29, 1.82) is 0 Å². The average molecular weight is 352 g/mol. The van der Waals surface area contributed by atoms with Crippen molar-refractivity contribution in [2.75, 3.05) is 18.4 Å². The first kappa shape index (κ1) is 18.7. The summed E-state index contributed by atoms with van der Waals surface area (Å²) >= 11 is 6.21. The number of nitrogens with one attached hydrogen (secondary N) is 1. The van der Waals surface area contributed by atoms with Gasteiger partial charge in [-0.1, -0.05) is 32.4 Å². The molecule has 1 fully saturated rings. The second kappa shape index (κ2) is 7.53. The Labute approximate surface area is 148 Å². The molecule has 1 aromatic carbocycles. The summed E-state index contributed by atoms with van der Waals surface area (Å²) in [6.45, 7) is 7.15. The fraction of sp³-hybridized carbons (Fsp3) is 0.556. The standard InChI is InChI=1S/C18H26ClN3O2/c1-18(2,3)10-16(23)21-12-6-7-15(19)14(9-12)17(24)22-8-4-5-13(22)11-20/h6-7,9,13H,4-5,8,10-11,20H2,1-3H3,(H,21,23). The normalized spacial score (nSPS) is 17.9. The molecule has 1 aromatic rings. The van der Waals surface area contributed by atoms with Gasteiger partial charge in [0.2, 0.25) is 5.91 Å². The van der Waals surface area contributed by atoms with E-state index >= 15 is 0 Å². The zero-order valence-electron chi connectivity index (χ0n) is 14.6. The van der Waals surface area contributed by atoms with E-state index in [2.05, 4.69) is 5.32 Å². The highest BCUT2D eigenvalue weighted by molar-refractivity contribution is 6.34. The van der Waals surface area contributed by atoms with Crippen LogP contribution in [-0.2, 0) is 4.79 Å². The number of carbonyl (C=O) groups excluding carboxylic acids is 2. The van der Waals surface area contributed by atoms with Crippen molar-refractivity contribution in [3.8, 4) is 0 Å². The maximum absolute atomic E-state index is 12.8. The first-order chi connectivity index (χ1) is 11.2. The summed E-state index contributed by atoms with van der Waals surface area (Å²) in [4.78, 5) is 26.6. The number of anilines is 1. The predicted molar refractivity (Wildman–Crippen MR) is 97.3 cm³/mol. The van der Waals surface area contributed by atoms with Crippen LogP contribution in [-0.4, -0.2) is 35.8 Å². The maximum atomic E-state index is 12.8. The molecule has 1 saturated heterocycles. The van der Waals surface area contributed by atoms with Gasteiger partial charge in [0.05, 0.1) is 10.6 Å². The van der Waals surface area contributed by atoms with Gasteiger partial charge in [-0.2, -0.15) is 0 Å². The smallest absolute Gasteiger partial charge is 0.255 e. The van der Waals surface area contributed by atoms with Gasteiger partial charge in [0.15, 0.2) is 0 Å². The Kier molecular flexibility index (Phi) is 5.88. The predicted octanol–water partition coefficient (Wildman–Crippen LogP) is 3.28. The quantitative estimate of drug-likeness (QED) is 0.874. The Hall–Kier alpha value is -1.59. The highest BCUT2D eigenvalue weighted by atomic mass is 35.5. The van der Waals surface area contributed by atoms with Gasteiger partial charge >= 0.3 is 0 Å². The van der Waals surface area contributed by atoms with Crippen LogP contribution >= 0.6 is 11.6 Å². The van der Waals surface area contributed by atoms with Gasteiger partial charge in [0.1, 0.15) is 0 Å². The first-order valence-corrected chi connectivity index (χ1v) is 8.69. The minimum Gasteiger partial charge on any atom is -0.334 e. The number of hydrogen-bond acceptors (Lipinski definition) is 3. The van der Waals surface area contributed by atoms with Crippen molar-refractivity contribution in [3.05, 3.63) is 28.8 Å². The van der Waals surface area contributed by atoms with E-state index in [-0.39, 0.29) is 23.3 Å². The maximum Gasteiger partial charge on any atom is 0.255 e. The molecule has 24 heavy (non-hydrogen) atoms. The molecule has 1 aliphatic heterocycles. The number of likely N-dealkylation sites (tertiary alicyclic amines) is 1. The molecule has 132 valence electrons. The van der Waals surface area contributed by atoms with Gasteiger partial charge in [-0.3, -0.25) is 9.59 Å². The SMILES string of the molecule is CC(C)(C)CC(=O)Nc1ccc(Cl)c(C(=O)N2CCCC2CN)c1. The highest BCUT2D eigenvalue weighted by Gasteiger charge is 2.29. The molecule has 2 amide bonds. The molecule has 3 N–H and O–H groups in total. The fourth-order valence-electron chi connectivity index (χ4n) is 2.96. The van der Waals surface area contributed by atoms with E-state index in [1.807, 2.05) is 20.8 Å². The third-order valence-electron chi connectivity index (χ3n) is 4.08. The molecule has 1 aliphatic rings. The van der Waals surface area contributed by atoms with Crippen molar-refractivity contribution in [2.24, 2.45) is 11.1 Å². The lowest BCUT2D eigenvalue weighted by atomic mass is 9.92. The third-order valence-corrected chi connectivity index (χ3v) is 4.41.